The zero-order valence-electron chi connectivity index (χ0n) is 12.7. The van der Waals surface area contributed by atoms with Crippen molar-refractivity contribution < 1.29 is 0 Å². The molecule has 1 aromatic carbocycles. The molecule has 0 atom stereocenters. The Kier molecular flexibility index (Phi) is 2.76. The Hall–Kier alpha value is -3.40. The molecule has 4 nitrogen and oxygen atoms in total. The van der Waals surface area contributed by atoms with E-state index in [0.717, 1.165) is 44.2 Å². The van der Waals surface area contributed by atoms with Crippen LogP contribution < -0.4 is 0 Å². The largest absolute Gasteiger partial charge is 0.256 e. The quantitative estimate of drug-likeness (QED) is 0.431. The van der Waals surface area contributed by atoms with E-state index in [9.17, 15) is 0 Å². The molecule has 0 saturated heterocycles. The summed E-state index contributed by atoms with van der Waals surface area (Å²) in [6.45, 7) is 0. The minimum atomic E-state index is 0.733. The predicted molar refractivity (Wildman–Crippen MR) is 95.6 cm³/mol. The summed E-state index contributed by atoms with van der Waals surface area (Å²) in [6, 6.07) is 20.1. The van der Waals surface area contributed by atoms with Crippen LogP contribution in [0.1, 0.15) is 0 Å². The highest BCUT2D eigenvalue weighted by Crippen LogP contribution is 2.26. The van der Waals surface area contributed by atoms with E-state index < -0.39 is 0 Å². The molecule has 5 aromatic rings. The lowest BCUT2D eigenvalue weighted by Crippen LogP contribution is -1.91. The monoisotopic (exact) mass is 308 g/mol. The maximum absolute atomic E-state index is 4.85. The molecule has 0 unspecified atom stereocenters. The summed E-state index contributed by atoms with van der Waals surface area (Å²) in [4.78, 5) is 18.2. The van der Waals surface area contributed by atoms with Crippen LogP contribution in [0.3, 0.4) is 0 Å². The fourth-order valence-corrected chi connectivity index (χ4v) is 2.98. The Labute approximate surface area is 137 Å². The summed E-state index contributed by atoms with van der Waals surface area (Å²) in [5.74, 6) is 0. The van der Waals surface area contributed by atoms with Crippen LogP contribution in [0.2, 0.25) is 0 Å². The van der Waals surface area contributed by atoms with Gasteiger partial charge in [0.1, 0.15) is 0 Å². The van der Waals surface area contributed by atoms with Crippen molar-refractivity contribution in [1.29, 1.82) is 0 Å². The second-order valence-electron chi connectivity index (χ2n) is 5.65. The molecule has 0 amide bonds. The van der Waals surface area contributed by atoms with Gasteiger partial charge in [0.2, 0.25) is 0 Å². The highest BCUT2D eigenvalue weighted by atomic mass is 14.9. The molecule has 0 bridgehead atoms. The maximum atomic E-state index is 4.85. The van der Waals surface area contributed by atoms with Gasteiger partial charge in [0.15, 0.2) is 5.65 Å². The van der Waals surface area contributed by atoms with Gasteiger partial charge >= 0.3 is 0 Å². The third-order valence-electron chi connectivity index (χ3n) is 4.17. The molecule has 5 rings (SSSR count). The van der Waals surface area contributed by atoms with Gasteiger partial charge in [0.05, 0.1) is 22.4 Å². The van der Waals surface area contributed by atoms with E-state index in [-0.39, 0.29) is 0 Å². The van der Waals surface area contributed by atoms with Gasteiger partial charge in [-0.25, -0.2) is 15.0 Å². The second kappa shape index (κ2) is 5.06. The highest BCUT2D eigenvalue weighted by molar-refractivity contribution is 6.04. The number of pyridine rings is 4. The number of nitrogens with zero attached hydrogens (tertiary/aromatic N) is 4. The molecule has 4 heteroatoms. The fraction of sp³-hybridized carbons (Fsp3) is 0. The molecule has 0 spiro atoms. The predicted octanol–water partition coefficient (Wildman–Crippen LogP) is 4.39. The molecular formula is C20H12N4. The first-order valence-electron chi connectivity index (χ1n) is 7.75. The molecular weight excluding hydrogens is 296 g/mol. The van der Waals surface area contributed by atoms with Gasteiger partial charge in [0.25, 0.3) is 0 Å². The first-order chi connectivity index (χ1) is 11.9. The van der Waals surface area contributed by atoms with Crippen molar-refractivity contribution in [3.8, 4) is 11.4 Å². The molecule has 4 heterocycles. The zero-order valence-corrected chi connectivity index (χ0v) is 12.7. The SMILES string of the molecule is c1cnc2nc(-c3ccc4ccc5ncccc5c4n3)ccc2c1. The van der Waals surface area contributed by atoms with Crippen molar-refractivity contribution in [2.75, 3.05) is 0 Å². The summed E-state index contributed by atoms with van der Waals surface area (Å²) in [5.41, 5.74) is 4.29. The van der Waals surface area contributed by atoms with E-state index in [4.69, 9.17) is 4.98 Å². The molecule has 0 fully saturated rings. The number of benzene rings is 1. The number of fused-ring (bicyclic) bond motifs is 4. The third-order valence-corrected chi connectivity index (χ3v) is 4.17. The van der Waals surface area contributed by atoms with Gasteiger partial charge < -0.3 is 0 Å². The minimum absolute atomic E-state index is 0.733. The van der Waals surface area contributed by atoms with Gasteiger partial charge in [-0.3, -0.25) is 4.98 Å². The summed E-state index contributed by atoms with van der Waals surface area (Å²) in [5, 5.41) is 3.17. The standard InChI is InChI=1S/C20H12N4/c1-3-14-7-10-18(24-20(14)22-12-1)17-9-6-13-5-8-16-15(19(13)23-17)4-2-11-21-16/h1-12H. The summed E-state index contributed by atoms with van der Waals surface area (Å²) in [6.07, 6.45) is 3.56. The smallest absolute Gasteiger partial charge is 0.159 e. The highest BCUT2D eigenvalue weighted by Gasteiger charge is 2.07. The third kappa shape index (κ3) is 2.01. The van der Waals surface area contributed by atoms with Crippen molar-refractivity contribution in [2.24, 2.45) is 0 Å². The van der Waals surface area contributed by atoms with E-state index in [1.165, 1.54) is 0 Å². The number of hydrogen-bond donors (Lipinski definition) is 0. The number of aromatic nitrogens is 4. The summed E-state index contributed by atoms with van der Waals surface area (Å²) in [7, 11) is 0. The van der Waals surface area contributed by atoms with Gasteiger partial charge in [-0.1, -0.05) is 12.1 Å². The van der Waals surface area contributed by atoms with Crippen molar-refractivity contribution in [3.05, 3.63) is 73.1 Å². The lowest BCUT2D eigenvalue weighted by molar-refractivity contribution is 1.26. The fourth-order valence-electron chi connectivity index (χ4n) is 2.98. The lowest BCUT2D eigenvalue weighted by atomic mass is 10.1. The molecule has 112 valence electrons. The average Bonchev–Trinajstić information content (AvgIpc) is 2.67. The van der Waals surface area contributed by atoms with E-state index in [1.54, 1.807) is 12.4 Å². The minimum Gasteiger partial charge on any atom is -0.256 e. The molecule has 0 aliphatic rings. The van der Waals surface area contributed by atoms with Crippen molar-refractivity contribution in [2.45, 2.75) is 0 Å². The van der Waals surface area contributed by atoms with Crippen LogP contribution in [0.4, 0.5) is 0 Å². The topological polar surface area (TPSA) is 51.6 Å². The second-order valence-corrected chi connectivity index (χ2v) is 5.65. The van der Waals surface area contributed by atoms with Gasteiger partial charge in [0, 0.05) is 28.6 Å². The van der Waals surface area contributed by atoms with Gasteiger partial charge in [-0.15, -0.1) is 0 Å². The van der Waals surface area contributed by atoms with Crippen LogP contribution in [0, 0.1) is 0 Å². The first kappa shape index (κ1) is 13.1. The van der Waals surface area contributed by atoms with Crippen molar-refractivity contribution in [1.82, 2.24) is 19.9 Å². The molecule has 0 N–H and O–H groups in total. The van der Waals surface area contributed by atoms with Gasteiger partial charge in [-0.2, -0.15) is 0 Å². The van der Waals surface area contributed by atoms with E-state index in [0.29, 0.717) is 0 Å². The molecule has 0 radical (unpaired) electrons. The number of hydrogen-bond acceptors (Lipinski definition) is 4. The molecule has 4 aromatic heterocycles. The molecule has 24 heavy (non-hydrogen) atoms. The summed E-state index contributed by atoms with van der Waals surface area (Å²) >= 11 is 0. The van der Waals surface area contributed by atoms with Crippen molar-refractivity contribution in [3.63, 3.8) is 0 Å². The average molecular weight is 308 g/mol. The van der Waals surface area contributed by atoms with Crippen molar-refractivity contribution >= 4 is 32.8 Å². The number of rotatable bonds is 1. The maximum Gasteiger partial charge on any atom is 0.159 e. The molecule has 0 aliphatic heterocycles. The Morgan fingerprint density at radius 2 is 1.33 bits per heavy atom. The van der Waals surface area contributed by atoms with Crippen LogP contribution in [-0.4, -0.2) is 19.9 Å². The van der Waals surface area contributed by atoms with Gasteiger partial charge in [-0.05, 0) is 48.5 Å². The van der Waals surface area contributed by atoms with Crippen LogP contribution in [0.15, 0.2) is 73.1 Å². The molecule has 0 aliphatic carbocycles. The van der Waals surface area contributed by atoms with Crippen LogP contribution in [0.25, 0.3) is 44.2 Å². The Morgan fingerprint density at radius 1 is 0.583 bits per heavy atom. The zero-order chi connectivity index (χ0) is 15.9. The molecule has 0 saturated carbocycles. The normalized spacial score (nSPS) is 11.3. The van der Waals surface area contributed by atoms with Crippen LogP contribution >= 0.6 is 0 Å². The lowest BCUT2D eigenvalue weighted by Gasteiger charge is -2.06. The Balaban J connectivity index is 1.77. The van der Waals surface area contributed by atoms with E-state index >= 15 is 0 Å². The Morgan fingerprint density at radius 3 is 2.29 bits per heavy atom. The summed E-state index contributed by atoms with van der Waals surface area (Å²) < 4.78 is 0. The van der Waals surface area contributed by atoms with Crippen LogP contribution in [-0.2, 0) is 0 Å². The van der Waals surface area contributed by atoms with E-state index in [2.05, 4.69) is 33.2 Å². The first-order valence-corrected chi connectivity index (χ1v) is 7.75. The van der Waals surface area contributed by atoms with E-state index in [1.807, 2.05) is 42.5 Å². The Bertz CT molecular complexity index is 1210. The van der Waals surface area contributed by atoms with Crippen LogP contribution in [0.5, 0.6) is 0 Å².